The number of carbonyl (C=O) groups excluding carboxylic acids is 1. The Morgan fingerprint density at radius 1 is 1.43 bits per heavy atom. The van der Waals surface area contributed by atoms with Crippen LogP contribution in [0.4, 0.5) is 11.8 Å². The second kappa shape index (κ2) is 7.99. The van der Waals surface area contributed by atoms with Gasteiger partial charge in [0.05, 0.1) is 19.4 Å². The van der Waals surface area contributed by atoms with Crippen LogP contribution >= 0.6 is 11.6 Å². The lowest BCUT2D eigenvalue weighted by atomic mass is 10.3. The van der Waals surface area contributed by atoms with Gasteiger partial charge in [-0.25, -0.2) is 4.98 Å². The number of rotatable bonds is 6. The maximum absolute atomic E-state index is 12.0. The third-order valence-corrected chi connectivity index (χ3v) is 3.35. The molecule has 116 valence electrons. The van der Waals surface area contributed by atoms with E-state index in [1.54, 1.807) is 6.20 Å². The van der Waals surface area contributed by atoms with E-state index in [2.05, 4.69) is 20.6 Å². The first-order valence-electron chi connectivity index (χ1n) is 7.06. The second-order valence-electron chi connectivity index (χ2n) is 4.59. The molecule has 8 heteroatoms. The van der Waals surface area contributed by atoms with Crippen LogP contribution in [0.3, 0.4) is 0 Å². The highest BCUT2D eigenvalue weighted by molar-refractivity contribution is 6.32. The Morgan fingerprint density at radius 2 is 2.19 bits per heavy atom. The molecule has 0 radical (unpaired) electrons. The lowest BCUT2D eigenvalue weighted by molar-refractivity contribution is -0.134. The molecular weight excluding hydrogens is 294 g/mol. The van der Waals surface area contributed by atoms with Crippen molar-refractivity contribution in [2.75, 3.05) is 50.0 Å². The maximum atomic E-state index is 12.0. The van der Waals surface area contributed by atoms with Gasteiger partial charge < -0.3 is 20.3 Å². The first-order chi connectivity index (χ1) is 10.2. The number of halogens is 1. The maximum Gasteiger partial charge on any atom is 0.224 e. The van der Waals surface area contributed by atoms with Gasteiger partial charge in [-0.05, 0) is 6.92 Å². The summed E-state index contributed by atoms with van der Waals surface area (Å²) in [5, 5.41) is 6.54. The number of hydrogen-bond acceptors (Lipinski definition) is 6. The zero-order valence-corrected chi connectivity index (χ0v) is 12.8. The summed E-state index contributed by atoms with van der Waals surface area (Å²) in [6.45, 7) is 5.74. The first-order valence-corrected chi connectivity index (χ1v) is 7.44. The molecule has 1 amide bonds. The van der Waals surface area contributed by atoms with Crippen molar-refractivity contribution in [3.63, 3.8) is 0 Å². The van der Waals surface area contributed by atoms with Crippen LogP contribution in [-0.2, 0) is 9.53 Å². The van der Waals surface area contributed by atoms with Crippen molar-refractivity contribution in [1.82, 2.24) is 14.9 Å². The monoisotopic (exact) mass is 313 g/mol. The fourth-order valence-electron chi connectivity index (χ4n) is 1.99. The molecule has 0 unspecified atom stereocenters. The van der Waals surface area contributed by atoms with E-state index < -0.39 is 0 Å². The van der Waals surface area contributed by atoms with Crippen LogP contribution in [0.1, 0.15) is 13.3 Å². The van der Waals surface area contributed by atoms with E-state index in [1.165, 1.54) is 0 Å². The average Bonchev–Trinajstić information content (AvgIpc) is 2.51. The van der Waals surface area contributed by atoms with Crippen LogP contribution in [0.2, 0.25) is 5.02 Å². The SMILES string of the molecule is CCNc1ncc(Cl)c(NCCC(=O)N2CCOCC2)n1. The highest BCUT2D eigenvalue weighted by Crippen LogP contribution is 2.19. The third kappa shape index (κ3) is 4.71. The molecule has 1 aromatic rings. The van der Waals surface area contributed by atoms with Gasteiger partial charge in [0.2, 0.25) is 11.9 Å². The summed E-state index contributed by atoms with van der Waals surface area (Å²) in [7, 11) is 0. The van der Waals surface area contributed by atoms with Crippen LogP contribution in [0, 0.1) is 0 Å². The highest BCUT2D eigenvalue weighted by Gasteiger charge is 2.16. The van der Waals surface area contributed by atoms with Gasteiger partial charge in [0.1, 0.15) is 10.8 Å². The van der Waals surface area contributed by atoms with Gasteiger partial charge in [-0.15, -0.1) is 0 Å². The van der Waals surface area contributed by atoms with Crippen LogP contribution in [0.5, 0.6) is 0 Å². The normalized spacial score (nSPS) is 14.9. The Kier molecular flexibility index (Phi) is 6.01. The van der Waals surface area contributed by atoms with Crippen molar-refractivity contribution in [3.05, 3.63) is 11.2 Å². The van der Waals surface area contributed by atoms with Gasteiger partial charge >= 0.3 is 0 Å². The zero-order valence-electron chi connectivity index (χ0n) is 12.1. The van der Waals surface area contributed by atoms with Crippen molar-refractivity contribution in [2.45, 2.75) is 13.3 Å². The van der Waals surface area contributed by atoms with E-state index in [1.807, 2.05) is 11.8 Å². The van der Waals surface area contributed by atoms with Crippen LogP contribution in [-0.4, -0.2) is 60.2 Å². The van der Waals surface area contributed by atoms with Gasteiger partial charge in [0.25, 0.3) is 0 Å². The molecule has 1 aliphatic heterocycles. The second-order valence-corrected chi connectivity index (χ2v) is 5.00. The molecule has 7 nitrogen and oxygen atoms in total. The Labute approximate surface area is 129 Å². The lowest BCUT2D eigenvalue weighted by Crippen LogP contribution is -2.41. The Balaban J connectivity index is 1.82. The highest BCUT2D eigenvalue weighted by atomic mass is 35.5. The summed E-state index contributed by atoms with van der Waals surface area (Å²) in [6.07, 6.45) is 1.94. The molecule has 0 aliphatic carbocycles. The van der Waals surface area contributed by atoms with Crippen LogP contribution in [0.15, 0.2) is 6.20 Å². The minimum Gasteiger partial charge on any atom is -0.378 e. The Hall–Kier alpha value is -1.60. The summed E-state index contributed by atoms with van der Waals surface area (Å²) in [6, 6.07) is 0. The van der Waals surface area contributed by atoms with E-state index in [-0.39, 0.29) is 5.91 Å². The number of nitrogens with one attached hydrogen (secondary N) is 2. The molecular formula is C13H20ClN5O2. The predicted molar refractivity (Wildman–Crippen MR) is 81.7 cm³/mol. The minimum atomic E-state index is 0.114. The number of nitrogens with zero attached hydrogens (tertiary/aromatic N) is 3. The number of hydrogen-bond donors (Lipinski definition) is 2. The molecule has 1 aliphatic rings. The summed E-state index contributed by atoms with van der Waals surface area (Å²) in [5.74, 6) is 1.17. The number of ether oxygens (including phenoxy) is 1. The molecule has 0 bridgehead atoms. The molecule has 0 saturated carbocycles. The summed E-state index contributed by atoms with van der Waals surface area (Å²) >= 11 is 6.03. The van der Waals surface area contributed by atoms with Crippen molar-refractivity contribution < 1.29 is 9.53 Å². The topological polar surface area (TPSA) is 79.4 Å². The zero-order chi connectivity index (χ0) is 15.1. The van der Waals surface area contributed by atoms with Gasteiger partial charge in [-0.1, -0.05) is 11.6 Å². The van der Waals surface area contributed by atoms with Crippen LogP contribution < -0.4 is 10.6 Å². The number of anilines is 2. The van der Waals surface area contributed by atoms with Gasteiger partial charge in [-0.3, -0.25) is 4.79 Å². The van der Waals surface area contributed by atoms with Crippen molar-refractivity contribution in [1.29, 1.82) is 0 Å². The molecule has 1 saturated heterocycles. The molecule has 2 N–H and O–H groups in total. The summed E-state index contributed by atoms with van der Waals surface area (Å²) in [5.41, 5.74) is 0. The van der Waals surface area contributed by atoms with E-state index in [0.717, 1.165) is 6.54 Å². The molecule has 0 atom stereocenters. The van der Waals surface area contributed by atoms with Crippen LogP contribution in [0.25, 0.3) is 0 Å². The predicted octanol–water partition coefficient (Wildman–Crippen LogP) is 1.22. The van der Waals surface area contributed by atoms with E-state index in [9.17, 15) is 4.79 Å². The number of aromatic nitrogens is 2. The van der Waals surface area contributed by atoms with Crippen molar-refractivity contribution in [2.24, 2.45) is 0 Å². The van der Waals surface area contributed by atoms with Crippen molar-refractivity contribution >= 4 is 29.3 Å². The van der Waals surface area contributed by atoms with Gasteiger partial charge in [-0.2, -0.15) is 4.98 Å². The van der Waals surface area contributed by atoms with E-state index in [0.29, 0.717) is 56.1 Å². The first kappa shape index (κ1) is 15.8. The summed E-state index contributed by atoms with van der Waals surface area (Å²) in [4.78, 5) is 22.1. The van der Waals surface area contributed by atoms with Crippen molar-refractivity contribution in [3.8, 4) is 0 Å². The Morgan fingerprint density at radius 3 is 2.90 bits per heavy atom. The molecule has 0 aromatic carbocycles. The number of carbonyl (C=O) groups is 1. The fourth-order valence-corrected chi connectivity index (χ4v) is 2.15. The molecule has 2 rings (SSSR count). The fraction of sp³-hybridized carbons (Fsp3) is 0.615. The molecule has 1 aromatic heterocycles. The average molecular weight is 314 g/mol. The van der Waals surface area contributed by atoms with E-state index >= 15 is 0 Å². The quantitative estimate of drug-likeness (QED) is 0.822. The van der Waals surface area contributed by atoms with E-state index in [4.69, 9.17) is 16.3 Å². The standard InChI is InChI=1S/C13H20ClN5O2/c1-2-15-13-17-9-10(14)12(18-13)16-4-3-11(20)19-5-7-21-8-6-19/h9H,2-8H2,1H3,(H2,15,16,17,18). The number of morpholine rings is 1. The minimum absolute atomic E-state index is 0.114. The molecule has 21 heavy (non-hydrogen) atoms. The molecule has 2 heterocycles. The smallest absolute Gasteiger partial charge is 0.224 e. The summed E-state index contributed by atoms with van der Waals surface area (Å²) < 4.78 is 5.22. The lowest BCUT2D eigenvalue weighted by Gasteiger charge is -2.26. The largest absolute Gasteiger partial charge is 0.378 e. The Bertz CT molecular complexity index is 480. The third-order valence-electron chi connectivity index (χ3n) is 3.07. The molecule has 0 spiro atoms. The van der Waals surface area contributed by atoms with Gasteiger partial charge in [0, 0.05) is 32.6 Å². The molecule has 1 fully saturated rings. The number of amides is 1. The van der Waals surface area contributed by atoms with Gasteiger partial charge in [0.15, 0.2) is 0 Å².